The first-order valence-electron chi connectivity index (χ1n) is 5.30. The Hall–Kier alpha value is -2.17. The first-order valence-corrected chi connectivity index (χ1v) is 5.30. The Morgan fingerprint density at radius 2 is 1.88 bits per heavy atom. The summed E-state index contributed by atoms with van der Waals surface area (Å²) >= 11 is 0. The van der Waals surface area contributed by atoms with Crippen LogP contribution in [0.15, 0.2) is 36.7 Å². The second kappa shape index (κ2) is 5.25. The van der Waals surface area contributed by atoms with Gasteiger partial charge in [0, 0.05) is 13.0 Å². The molecule has 0 amide bonds. The van der Waals surface area contributed by atoms with Crippen molar-refractivity contribution in [3.05, 3.63) is 48.3 Å². The number of nitrogens with one attached hydrogen (secondary N) is 1. The molecule has 0 aliphatic carbocycles. The number of aromatic nitrogens is 2. The maximum absolute atomic E-state index is 13.3. The maximum atomic E-state index is 13.3. The highest BCUT2D eigenvalue weighted by molar-refractivity contribution is 5.44. The van der Waals surface area contributed by atoms with Gasteiger partial charge in [-0.1, -0.05) is 12.1 Å². The molecule has 0 spiro atoms. The van der Waals surface area contributed by atoms with E-state index in [9.17, 15) is 4.39 Å². The maximum Gasteiger partial charge on any atom is 0.146 e. The van der Waals surface area contributed by atoms with E-state index in [1.807, 2.05) is 0 Å². The number of hydrogen-bond donors (Lipinski definition) is 2. The molecule has 2 rings (SSSR count). The lowest BCUT2D eigenvalue weighted by Gasteiger charge is -2.06. The summed E-state index contributed by atoms with van der Waals surface area (Å²) in [6.45, 7) is 0.574. The van der Waals surface area contributed by atoms with Crippen LogP contribution in [0.1, 0.15) is 5.82 Å². The summed E-state index contributed by atoms with van der Waals surface area (Å²) in [7, 11) is 0. The van der Waals surface area contributed by atoms with Crippen LogP contribution in [0, 0.1) is 5.82 Å². The van der Waals surface area contributed by atoms with Crippen molar-refractivity contribution in [3.63, 3.8) is 0 Å². The van der Waals surface area contributed by atoms with Gasteiger partial charge in [-0.2, -0.15) is 0 Å². The van der Waals surface area contributed by atoms with Crippen LogP contribution in [0.25, 0.3) is 0 Å². The molecule has 0 aliphatic heterocycles. The number of anilines is 2. The van der Waals surface area contributed by atoms with E-state index in [-0.39, 0.29) is 5.82 Å². The van der Waals surface area contributed by atoms with Gasteiger partial charge in [-0.25, -0.2) is 14.4 Å². The van der Waals surface area contributed by atoms with Crippen LogP contribution in [0.4, 0.5) is 15.8 Å². The van der Waals surface area contributed by atoms with Gasteiger partial charge in [0.1, 0.15) is 11.6 Å². The molecule has 88 valence electrons. The third-order valence-corrected chi connectivity index (χ3v) is 2.26. The summed E-state index contributed by atoms with van der Waals surface area (Å²) < 4.78 is 13.3. The number of benzene rings is 1. The minimum Gasteiger partial charge on any atom is -0.396 e. The average Bonchev–Trinajstić information content (AvgIpc) is 2.34. The van der Waals surface area contributed by atoms with Crippen molar-refractivity contribution in [2.45, 2.75) is 6.42 Å². The van der Waals surface area contributed by atoms with E-state index in [0.717, 1.165) is 0 Å². The fraction of sp³-hybridized carbons (Fsp3) is 0.167. The SMILES string of the molecule is Nc1cnc(CCNc2ccccc2F)nc1. The van der Waals surface area contributed by atoms with Crippen molar-refractivity contribution in [2.24, 2.45) is 0 Å². The molecule has 0 bridgehead atoms. The van der Waals surface area contributed by atoms with E-state index in [0.29, 0.717) is 30.2 Å². The number of nitrogen functional groups attached to an aromatic ring is 1. The van der Waals surface area contributed by atoms with Crippen LogP contribution in [-0.2, 0) is 6.42 Å². The highest BCUT2D eigenvalue weighted by Gasteiger charge is 2.00. The second-order valence-corrected chi connectivity index (χ2v) is 3.59. The molecule has 0 saturated heterocycles. The van der Waals surface area contributed by atoms with Crippen molar-refractivity contribution >= 4 is 11.4 Å². The van der Waals surface area contributed by atoms with Crippen LogP contribution in [-0.4, -0.2) is 16.5 Å². The summed E-state index contributed by atoms with van der Waals surface area (Å²) in [5.41, 5.74) is 6.50. The van der Waals surface area contributed by atoms with Crippen LogP contribution in [0.5, 0.6) is 0 Å². The number of hydrogen-bond acceptors (Lipinski definition) is 4. The Balaban J connectivity index is 1.88. The van der Waals surface area contributed by atoms with Gasteiger partial charge in [-0.15, -0.1) is 0 Å². The molecule has 1 aromatic heterocycles. The van der Waals surface area contributed by atoms with E-state index in [1.54, 1.807) is 30.6 Å². The highest BCUT2D eigenvalue weighted by atomic mass is 19.1. The standard InChI is InChI=1S/C12H13FN4/c13-10-3-1-2-4-11(10)15-6-5-12-16-7-9(14)8-17-12/h1-4,7-8,15H,5-6,14H2. The lowest BCUT2D eigenvalue weighted by atomic mass is 10.3. The Bertz CT molecular complexity index is 484. The highest BCUT2D eigenvalue weighted by Crippen LogP contribution is 2.11. The van der Waals surface area contributed by atoms with E-state index in [1.165, 1.54) is 6.07 Å². The smallest absolute Gasteiger partial charge is 0.146 e. The van der Waals surface area contributed by atoms with Gasteiger partial charge in [0.15, 0.2) is 0 Å². The van der Waals surface area contributed by atoms with E-state index < -0.39 is 0 Å². The zero-order chi connectivity index (χ0) is 12.1. The monoisotopic (exact) mass is 232 g/mol. The minimum absolute atomic E-state index is 0.259. The van der Waals surface area contributed by atoms with Gasteiger partial charge in [-0.05, 0) is 12.1 Å². The Morgan fingerprint density at radius 1 is 1.18 bits per heavy atom. The zero-order valence-corrected chi connectivity index (χ0v) is 9.23. The van der Waals surface area contributed by atoms with E-state index in [2.05, 4.69) is 15.3 Å². The van der Waals surface area contributed by atoms with Crippen LogP contribution in [0.3, 0.4) is 0 Å². The number of nitrogens with two attached hydrogens (primary N) is 1. The third kappa shape index (κ3) is 3.14. The fourth-order valence-electron chi connectivity index (χ4n) is 1.41. The van der Waals surface area contributed by atoms with Gasteiger partial charge >= 0.3 is 0 Å². The normalized spacial score (nSPS) is 10.2. The summed E-state index contributed by atoms with van der Waals surface area (Å²) in [6, 6.07) is 6.55. The van der Waals surface area contributed by atoms with Crippen LogP contribution >= 0.6 is 0 Å². The van der Waals surface area contributed by atoms with Crippen LogP contribution < -0.4 is 11.1 Å². The zero-order valence-electron chi connectivity index (χ0n) is 9.23. The molecule has 17 heavy (non-hydrogen) atoms. The largest absolute Gasteiger partial charge is 0.396 e. The molecule has 0 radical (unpaired) electrons. The topological polar surface area (TPSA) is 63.8 Å². The lowest BCUT2D eigenvalue weighted by Crippen LogP contribution is -2.08. The molecule has 4 nitrogen and oxygen atoms in total. The average molecular weight is 232 g/mol. The third-order valence-electron chi connectivity index (χ3n) is 2.26. The molecular weight excluding hydrogens is 219 g/mol. The molecule has 3 N–H and O–H groups in total. The van der Waals surface area contributed by atoms with Crippen molar-refractivity contribution in [1.29, 1.82) is 0 Å². The summed E-state index contributed by atoms with van der Waals surface area (Å²) in [4.78, 5) is 8.12. The summed E-state index contributed by atoms with van der Waals surface area (Å²) in [6.07, 6.45) is 3.74. The van der Waals surface area contributed by atoms with Crippen molar-refractivity contribution in [2.75, 3.05) is 17.6 Å². The molecule has 0 atom stereocenters. The molecule has 0 unspecified atom stereocenters. The van der Waals surface area contributed by atoms with Gasteiger partial charge in [-0.3, -0.25) is 0 Å². The fourth-order valence-corrected chi connectivity index (χ4v) is 1.41. The van der Waals surface area contributed by atoms with E-state index in [4.69, 9.17) is 5.73 Å². The molecule has 1 heterocycles. The predicted molar refractivity (Wildman–Crippen MR) is 65.0 cm³/mol. The number of nitrogens with zero attached hydrogens (tertiary/aromatic N) is 2. The van der Waals surface area contributed by atoms with Gasteiger partial charge in [0.05, 0.1) is 23.8 Å². The second-order valence-electron chi connectivity index (χ2n) is 3.59. The van der Waals surface area contributed by atoms with Crippen molar-refractivity contribution in [1.82, 2.24) is 9.97 Å². The van der Waals surface area contributed by atoms with Gasteiger partial charge in [0.25, 0.3) is 0 Å². The molecule has 0 fully saturated rings. The number of para-hydroxylation sites is 1. The molecule has 0 saturated carbocycles. The van der Waals surface area contributed by atoms with E-state index >= 15 is 0 Å². The molecule has 5 heteroatoms. The van der Waals surface area contributed by atoms with Crippen molar-refractivity contribution in [3.8, 4) is 0 Å². The van der Waals surface area contributed by atoms with Gasteiger partial charge in [0.2, 0.25) is 0 Å². The molecule has 1 aromatic carbocycles. The van der Waals surface area contributed by atoms with Crippen molar-refractivity contribution < 1.29 is 4.39 Å². The molecular formula is C12H13FN4. The molecule has 0 aliphatic rings. The Morgan fingerprint density at radius 3 is 2.59 bits per heavy atom. The minimum atomic E-state index is -0.259. The predicted octanol–water partition coefficient (Wildman–Crippen LogP) is 1.85. The quantitative estimate of drug-likeness (QED) is 0.844. The number of rotatable bonds is 4. The lowest BCUT2D eigenvalue weighted by molar-refractivity contribution is 0.630. The first kappa shape index (κ1) is 11.3. The summed E-state index contributed by atoms with van der Waals surface area (Å²) in [5, 5.41) is 2.99. The van der Waals surface area contributed by atoms with Crippen LogP contribution in [0.2, 0.25) is 0 Å². The first-order chi connectivity index (χ1) is 8.25. The Kier molecular flexibility index (Phi) is 3.49. The Labute approximate surface area is 98.7 Å². The number of halogens is 1. The summed E-state index contributed by atoms with van der Waals surface area (Å²) in [5.74, 6) is 0.425. The molecule has 2 aromatic rings. The van der Waals surface area contributed by atoms with Gasteiger partial charge < -0.3 is 11.1 Å².